The van der Waals surface area contributed by atoms with Crippen molar-refractivity contribution in [3.8, 4) is 0 Å². The van der Waals surface area contributed by atoms with E-state index in [2.05, 4.69) is 28.2 Å². The zero-order valence-electron chi connectivity index (χ0n) is 16.5. The van der Waals surface area contributed by atoms with Crippen LogP contribution < -0.4 is 10.2 Å². The number of hydrogen-bond acceptors (Lipinski definition) is 4. The molecule has 1 aliphatic rings. The standard InChI is InChI=1S/C22H22ClFN4.ClH/c1-13-14(2)25-22(26-17-7-4-6-16(24)12-17)27-21(13)28-11-10-19-18(15(28)3)8-5-9-20(19)23;/h4-9,12,15H,10-11H2,1-3H3,(H,25,26,27);1H. The Morgan fingerprint density at radius 2 is 1.90 bits per heavy atom. The molecule has 1 N–H and O–H groups in total. The highest BCUT2D eigenvalue weighted by molar-refractivity contribution is 6.31. The van der Waals surface area contributed by atoms with Crippen LogP contribution in [0.4, 0.5) is 21.8 Å². The largest absolute Gasteiger partial charge is 0.349 e. The highest BCUT2D eigenvalue weighted by Crippen LogP contribution is 2.37. The third kappa shape index (κ3) is 4.16. The van der Waals surface area contributed by atoms with Gasteiger partial charge in [-0.1, -0.05) is 29.8 Å². The van der Waals surface area contributed by atoms with Gasteiger partial charge in [0.15, 0.2) is 0 Å². The second-order valence-corrected chi connectivity index (χ2v) is 7.55. The number of nitrogens with one attached hydrogen (secondary N) is 1. The van der Waals surface area contributed by atoms with Crippen LogP contribution in [-0.2, 0) is 6.42 Å². The minimum atomic E-state index is -0.299. The Bertz CT molecular complexity index is 1040. The molecule has 2 heterocycles. The van der Waals surface area contributed by atoms with Gasteiger partial charge in [-0.3, -0.25) is 0 Å². The molecule has 29 heavy (non-hydrogen) atoms. The van der Waals surface area contributed by atoms with Crippen molar-refractivity contribution in [2.24, 2.45) is 0 Å². The van der Waals surface area contributed by atoms with Crippen molar-refractivity contribution in [1.82, 2.24) is 9.97 Å². The topological polar surface area (TPSA) is 41.1 Å². The van der Waals surface area contributed by atoms with Gasteiger partial charge in [-0.25, -0.2) is 9.37 Å². The molecule has 0 aliphatic carbocycles. The third-order valence-corrected chi connectivity index (χ3v) is 5.75. The van der Waals surface area contributed by atoms with Crippen LogP contribution in [0, 0.1) is 19.7 Å². The summed E-state index contributed by atoms with van der Waals surface area (Å²) in [6.45, 7) is 7.01. The number of aryl methyl sites for hydroxylation is 1. The average Bonchev–Trinajstić information content (AvgIpc) is 2.66. The molecule has 4 nitrogen and oxygen atoms in total. The summed E-state index contributed by atoms with van der Waals surface area (Å²) in [6.07, 6.45) is 0.870. The van der Waals surface area contributed by atoms with Crippen LogP contribution in [0.3, 0.4) is 0 Å². The van der Waals surface area contributed by atoms with Crippen LogP contribution in [0.5, 0.6) is 0 Å². The van der Waals surface area contributed by atoms with E-state index in [1.165, 1.54) is 23.3 Å². The number of anilines is 3. The van der Waals surface area contributed by atoms with E-state index in [9.17, 15) is 4.39 Å². The Hall–Kier alpha value is -2.37. The molecular weight excluding hydrogens is 410 g/mol. The Labute approximate surface area is 181 Å². The number of aromatic nitrogens is 2. The van der Waals surface area contributed by atoms with Crippen molar-refractivity contribution in [3.05, 3.63) is 75.7 Å². The van der Waals surface area contributed by atoms with Crippen molar-refractivity contribution in [1.29, 1.82) is 0 Å². The van der Waals surface area contributed by atoms with Crippen molar-refractivity contribution < 1.29 is 4.39 Å². The van der Waals surface area contributed by atoms with Crippen LogP contribution in [0.15, 0.2) is 42.5 Å². The molecule has 4 rings (SSSR count). The second-order valence-electron chi connectivity index (χ2n) is 7.14. The van der Waals surface area contributed by atoms with E-state index in [-0.39, 0.29) is 24.3 Å². The smallest absolute Gasteiger partial charge is 0.229 e. The van der Waals surface area contributed by atoms with Crippen LogP contribution in [-0.4, -0.2) is 16.5 Å². The average molecular weight is 433 g/mol. The SMILES string of the molecule is Cc1nc(Nc2cccc(F)c2)nc(N2CCc3c(Cl)cccc3C2C)c1C.Cl. The molecule has 1 aliphatic heterocycles. The summed E-state index contributed by atoms with van der Waals surface area (Å²) in [5, 5.41) is 3.95. The quantitative estimate of drug-likeness (QED) is 0.536. The first-order chi connectivity index (χ1) is 13.4. The fourth-order valence-electron chi connectivity index (χ4n) is 3.76. The number of nitrogens with zero attached hydrogens (tertiary/aromatic N) is 3. The summed E-state index contributed by atoms with van der Waals surface area (Å²) in [5.74, 6) is 1.06. The predicted octanol–water partition coefficient (Wildman–Crippen LogP) is 6.18. The minimum absolute atomic E-state index is 0. The lowest BCUT2D eigenvalue weighted by Crippen LogP contribution is -2.35. The zero-order valence-corrected chi connectivity index (χ0v) is 18.1. The minimum Gasteiger partial charge on any atom is -0.349 e. The summed E-state index contributed by atoms with van der Waals surface area (Å²) in [6, 6.07) is 12.5. The summed E-state index contributed by atoms with van der Waals surface area (Å²) in [5.41, 5.74) is 5.01. The molecule has 7 heteroatoms. The summed E-state index contributed by atoms with van der Waals surface area (Å²) >= 11 is 6.40. The van der Waals surface area contributed by atoms with Gasteiger partial charge in [-0.15, -0.1) is 12.4 Å². The van der Waals surface area contributed by atoms with Crippen LogP contribution in [0.2, 0.25) is 5.02 Å². The molecule has 152 valence electrons. The van der Waals surface area contributed by atoms with Crippen molar-refractivity contribution in [2.45, 2.75) is 33.2 Å². The number of rotatable bonds is 3. The molecule has 1 unspecified atom stereocenters. The molecule has 1 atom stereocenters. The van der Waals surface area contributed by atoms with E-state index in [1.807, 2.05) is 26.0 Å². The van der Waals surface area contributed by atoms with Gasteiger partial charge in [0, 0.05) is 28.5 Å². The molecule has 0 radical (unpaired) electrons. The van der Waals surface area contributed by atoms with Gasteiger partial charge < -0.3 is 10.2 Å². The normalized spacial score (nSPS) is 15.5. The van der Waals surface area contributed by atoms with Gasteiger partial charge in [-0.2, -0.15) is 4.98 Å². The fourth-order valence-corrected chi connectivity index (χ4v) is 4.03. The van der Waals surface area contributed by atoms with E-state index in [1.54, 1.807) is 12.1 Å². The molecule has 0 saturated heterocycles. The molecule has 0 bridgehead atoms. The van der Waals surface area contributed by atoms with Crippen molar-refractivity contribution in [3.63, 3.8) is 0 Å². The molecule has 0 saturated carbocycles. The van der Waals surface area contributed by atoms with E-state index in [0.29, 0.717) is 11.6 Å². The van der Waals surface area contributed by atoms with Crippen LogP contribution >= 0.6 is 24.0 Å². The molecule has 1 aromatic heterocycles. The monoisotopic (exact) mass is 432 g/mol. The highest BCUT2D eigenvalue weighted by Gasteiger charge is 2.28. The molecule has 2 aromatic carbocycles. The van der Waals surface area contributed by atoms with Gasteiger partial charge >= 0.3 is 0 Å². The Morgan fingerprint density at radius 1 is 1.14 bits per heavy atom. The van der Waals surface area contributed by atoms with Crippen LogP contribution in [0.25, 0.3) is 0 Å². The summed E-state index contributed by atoms with van der Waals surface area (Å²) in [4.78, 5) is 11.6. The number of benzene rings is 2. The Balaban J connectivity index is 0.00000240. The Morgan fingerprint density at radius 3 is 2.66 bits per heavy atom. The molecule has 0 spiro atoms. The maximum absolute atomic E-state index is 13.5. The third-order valence-electron chi connectivity index (χ3n) is 5.39. The molecule has 0 fully saturated rings. The van der Waals surface area contributed by atoms with E-state index < -0.39 is 0 Å². The lowest BCUT2D eigenvalue weighted by molar-refractivity contribution is 0.614. The lowest BCUT2D eigenvalue weighted by atomic mass is 9.93. The molecular formula is C22H23Cl2FN4. The Kier molecular flexibility index (Phi) is 6.30. The lowest BCUT2D eigenvalue weighted by Gasteiger charge is -2.37. The number of halogens is 3. The molecule has 0 amide bonds. The second kappa shape index (κ2) is 8.56. The maximum atomic E-state index is 13.5. The van der Waals surface area contributed by atoms with Gasteiger partial charge in [-0.05, 0) is 62.6 Å². The van der Waals surface area contributed by atoms with Gasteiger partial charge in [0.05, 0.1) is 6.04 Å². The highest BCUT2D eigenvalue weighted by atomic mass is 35.5. The number of fused-ring (bicyclic) bond motifs is 1. The fraction of sp³-hybridized carbons (Fsp3) is 0.273. The van der Waals surface area contributed by atoms with E-state index in [4.69, 9.17) is 16.6 Å². The number of hydrogen-bond donors (Lipinski definition) is 1. The van der Waals surface area contributed by atoms with E-state index in [0.717, 1.165) is 35.1 Å². The summed E-state index contributed by atoms with van der Waals surface area (Å²) < 4.78 is 13.5. The maximum Gasteiger partial charge on any atom is 0.229 e. The zero-order chi connectivity index (χ0) is 19.8. The van der Waals surface area contributed by atoms with E-state index >= 15 is 0 Å². The summed E-state index contributed by atoms with van der Waals surface area (Å²) in [7, 11) is 0. The first-order valence-corrected chi connectivity index (χ1v) is 9.73. The predicted molar refractivity (Wildman–Crippen MR) is 119 cm³/mol. The van der Waals surface area contributed by atoms with Gasteiger partial charge in [0.1, 0.15) is 11.6 Å². The van der Waals surface area contributed by atoms with Crippen molar-refractivity contribution >= 4 is 41.5 Å². The molecule has 3 aromatic rings. The van der Waals surface area contributed by atoms with Crippen molar-refractivity contribution in [2.75, 3.05) is 16.8 Å². The van der Waals surface area contributed by atoms with Gasteiger partial charge in [0.2, 0.25) is 5.95 Å². The first kappa shape index (κ1) is 21.3. The first-order valence-electron chi connectivity index (χ1n) is 9.36. The van der Waals surface area contributed by atoms with Gasteiger partial charge in [0.25, 0.3) is 0 Å². The van der Waals surface area contributed by atoms with Crippen LogP contribution in [0.1, 0.15) is 35.3 Å².